The highest BCUT2D eigenvalue weighted by Crippen LogP contribution is 2.50. The fraction of sp³-hybridized carbons (Fsp3) is 0.333. The molecule has 1 aromatic heterocycles. The summed E-state index contributed by atoms with van der Waals surface area (Å²) in [7, 11) is 0. The second-order valence-electron chi connectivity index (χ2n) is 6.58. The molecule has 3 rings (SSSR count). The Bertz CT molecular complexity index is 912. The smallest absolute Gasteiger partial charge is 0.341 e. The fourth-order valence-corrected chi connectivity index (χ4v) is 2.98. The third kappa shape index (κ3) is 4.46. The highest BCUT2D eigenvalue weighted by Gasteiger charge is 2.45. The van der Waals surface area contributed by atoms with Crippen molar-refractivity contribution in [1.82, 2.24) is 15.3 Å². The van der Waals surface area contributed by atoms with E-state index >= 15 is 0 Å². The van der Waals surface area contributed by atoms with Crippen molar-refractivity contribution in [1.29, 1.82) is 0 Å². The zero-order valence-corrected chi connectivity index (χ0v) is 15.1. The molecule has 0 unspecified atom stereocenters. The molecule has 0 spiro atoms. The number of carbonyl (C=O) groups excluding carboxylic acids is 2. The van der Waals surface area contributed by atoms with E-state index in [-0.39, 0.29) is 16.0 Å². The molecule has 2 aromatic rings. The minimum absolute atomic E-state index is 0.0131. The largest absolute Gasteiger partial charge is 0.471 e. The highest BCUT2D eigenvalue weighted by molar-refractivity contribution is 6.30. The van der Waals surface area contributed by atoms with Crippen LogP contribution in [0.4, 0.5) is 17.6 Å². The number of nitrogens with one attached hydrogen (secondary N) is 1. The fourth-order valence-electron chi connectivity index (χ4n) is 2.80. The van der Waals surface area contributed by atoms with Gasteiger partial charge in [0.15, 0.2) is 5.78 Å². The van der Waals surface area contributed by atoms with Gasteiger partial charge in [-0.05, 0) is 30.5 Å². The predicted octanol–water partition coefficient (Wildman–Crippen LogP) is 3.40. The molecule has 1 heterocycles. The predicted molar refractivity (Wildman–Crippen MR) is 91.5 cm³/mol. The summed E-state index contributed by atoms with van der Waals surface area (Å²) in [5.74, 6) is -2.99. The molecule has 5 nitrogen and oxygen atoms in total. The minimum atomic E-state index is -5.05. The molecule has 1 saturated carbocycles. The Hall–Kier alpha value is -2.55. The molecule has 10 heteroatoms. The summed E-state index contributed by atoms with van der Waals surface area (Å²) in [6.45, 7) is -0.806. The van der Waals surface area contributed by atoms with Crippen molar-refractivity contribution in [2.24, 2.45) is 0 Å². The molecule has 1 amide bonds. The third-order valence-corrected chi connectivity index (χ3v) is 4.87. The second kappa shape index (κ2) is 7.46. The summed E-state index contributed by atoms with van der Waals surface area (Å²) in [5, 5.41) is 1.54. The van der Waals surface area contributed by atoms with E-state index < -0.39 is 30.2 Å². The number of Topliss-reactive ketones (excluding diaryl/α,β-unsaturated/α-hetero) is 1. The Morgan fingerprint density at radius 2 is 1.82 bits per heavy atom. The van der Waals surface area contributed by atoms with Gasteiger partial charge in [0, 0.05) is 24.2 Å². The Morgan fingerprint density at radius 1 is 1.18 bits per heavy atom. The van der Waals surface area contributed by atoms with Crippen molar-refractivity contribution in [2.45, 2.75) is 30.9 Å². The van der Waals surface area contributed by atoms with Crippen LogP contribution >= 0.6 is 11.6 Å². The highest BCUT2D eigenvalue weighted by atomic mass is 35.5. The maximum Gasteiger partial charge on any atom is 0.471 e. The van der Waals surface area contributed by atoms with E-state index in [0.29, 0.717) is 12.2 Å². The second-order valence-corrected chi connectivity index (χ2v) is 6.98. The molecule has 28 heavy (non-hydrogen) atoms. The van der Waals surface area contributed by atoms with Gasteiger partial charge in [-0.2, -0.15) is 13.2 Å². The van der Waals surface area contributed by atoms with Gasteiger partial charge >= 0.3 is 12.1 Å². The van der Waals surface area contributed by atoms with Crippen molar-refractivity contribution in [3.05, 3.63) is 58.4 Å². The maximum absolute atomic E-state index is 13.4. The molecule has 0 bridgehead atoms. The van der Waals surface area contributed by atoms with Crippen molar-refractivity contribution in [3.63, 3.8) is 0 Å². The lowest BCUT2D eigenvalue weighted by Crippen LogP contribution is -2.39. The zero-order chi connectivity index (χ0) is 20.5. The van der Waals surface area contributed by atoms with E-state index in [1.54, 1.807) is 12.1 Å². The summed E-state index contributed by atoms with van der Waals surface area (Å²) in [5.41, 5.74) is 0.613. The minimum Gasteiger partial charge on any atom is -0.341 e. The van der Waals surface area contributed by atoms with E-state index in [4.69, 9.17) is 11.6 Å². The van der Waals surface area contributed by atoms with E-state index in [2.05, 4.69) is 9.97 Å². The van der Waals surface area contributed by atoms with Crippen LogP contribution in [0.5, 0.6) is 0 Å². The lowest BCUT2D eigenvalue weighted by Gasteiger charge is -2.15. The molecule has 1 aromatic carbocycles. The van der Waals surface area contributed by atoms with Crippen LogP contribution in [-0.2, 0) is 16.6 Å². The van der Waals surface area contributed by atoms with Crippen LogP contribution < -0.4 is 5.32 Å². The molecule has 0 radical (unpaired) electrons. The molecular weight excluding hydrogens is 402 g/mol. The number of benzene rings is 1. The number of halogens is 5. The van der Waals surface area contributed by atoms with Crippen LogP contribution in [0.25, 0.3) is 0 Å². The van der Waals surface area contributed by atoms with Crippen LogP contribution in [0, 0.1) is 5.82 Å². The molecule has 0 saturated heterocycles. The number of hydrogen-bond donors (Lipinski definition) is 1. The lowest BCUT2D eigenvalue weighted by atomic mass is 9.92. The van der Waals surface area contributed by atoms with E-state index in [9.17, 15) is 27.2 Å². The summed E-state index contributed by atoms with van der Waals surface area (Å²) >= 11 is 5.84. The molecule has 1 N–H and O–H groups in total. The molecule has 1 aliphatic rings. The average molecular weight is 416 g/mol. The topological polar surface area (TPSA) is 72.0 Å². The van der Waals surface area contributed by atoms with Crippen molar-refractivity contribution in [3.8, 4) is 0 Å². The normalized spacial score (nSPS) is 15.2. The van der Waals surface area contributed by atoms with Gasteiger partial charge in [-0.1, -0.05) is 17.7 Å². The lowest BCUT2D eigenvalue weighted by molar-refractivity contribution is -0.173. The molecule has 1 fully saturated rings. The number of hydrogen-bond acceptors (Lipinski definition) is 4. The van der Waals surface area contributed by atoms with E-state index in [0.717, 1.165) is 18.4 Å². The molecule has 0 aliphatic heterocycles. The Morgan fingerprint density at radius 3 is 2.36 bits per heavy atom. The Kier molecular flexibility index (Phi) is 5.38. The number of nitrogens with zero attached hydrogens (tertiary/aromatic N) is 2. The summed E-state index contributed by atoms with van der Waals surface area (Å²) in [6.07, 6.45) is -0.488. The van der Waals surface area contributed by atoms with Gasteiger partial charge in [0.2, 0.25) is 0 Å². The first kappa shape index (κ1) is 20.2. The summed E-state index contributed by atoms with van der Waals surface area (Å²) in [6, 6.07) is 4.54. The van der Waals surface area contributed by atoms with Crippen LogP contribution in [0.1, 0.15) is 34.6 Å². The first-order chi connectivity index (χ1) is 13.1. The number of carbonyl (C=O) groups is 2. The van der Waals surface area contributed by atoms with Gasteiger partial charge in [-0.15, -0.1) is 0 Å². The molecule has 0 atom stereocenters. The van der Waals surface area contributed by atoms with Crippen molar-refractivity contribution >= 4 is 23.3 Å². The summed E-state index contributed by atoms with van der Waals surface area (Å²) < 4.78 is 49.7. The van der Waals surface area contributed by atoms with E-state index in [1.165, 1.54) is 23.8 Å². The monoisotopic (exact) mass is 415 g/mol. The van der Waals surface area contributed by atoms with Crippen LogP contribution in [-0.4, -0.2) is 34.4 Å². The average Bonchev–Trinajstić information content (AvgIpc) is 3.42. The van der Waals surface area contributed by atoms with Gasteiger partial charge in [0.05, 0.1) is 17.1 Å². The number of aromatic nitrogens is 2. The Balaban J connectivity index is 1.64. The number of ketones is 1. The first-order valence-corrected chi connectivity index (χ1v) is 8.63. The van der Waals surface area contributed by atoms with E-state index in [1.807, 2.05) is 0 Å². The standard InChI is InChI=1S/C18H14ClF4N3O2/c19-12-5-11(1-2-13(12)20)17(3-4-17)6-15-24-7-10(8-25-15)14(27)9-26-16(28)18(21,22)23/h1-2,5,7-8H,3-4,6,9H2,(H,26,28). The van der Waals surface area contributed by atoms with Gasteiger partial charge in [0.25, 0.3) is 0 Å². The van der Waals surface area contributed by atoms with Crippen LogP contribution in [0.2, 0.25) is 5.02 Å². The first-order valence-electron chi connectivity index (χ1n) is 8.25. The SMILES string of the molecule is O=C(CNC(=O)C(F)(F)F)c1cnc(CC2(c3ccc(F)c(Cl)c3)CC2)nc1. The Labute approximate surface area is 162 Å². The maximum atomic E-state index is 13.4. The van der Waals surface area contributed by atoms with Crippen LogP contribution in [0.3, 0.4) is 0 Å². The van der Waals surface area contributed by atoms with Crippen molar-refractivity contribution < 1.29 is 27.2 Å². The van der Waals surface area contributed by atoms with Crippen molar-refractivity contribution in [2.75, 3.05) is 6.54 Å². The third-order valence-electron chi connectivity index (χ3n) is 4.58. The van der Waals surface area contributed by atoms with Gasteiger partial charge < -0.3 is 5.32 Å². The molecule has 1 aliphatic carbocycles. The molecular formula is C18H14ClF4N3O2. The number of rotatable bonds is 6. The number of amides is 1. The van der Waals surface area contributed by atoms with Gasteiger partial charge in [0.1, 0.15) is 11.6 Å². The quantitative estimate of drug-likeness (QED) is 0.580. The van der Waals surface area contributed by atoms with Crippen LogP contribution in [0.15, 0.2) is 30.6 Å². The van der Waals surface area contributed by atoms with Gasteiger partial charge in [-0.3, -0.25) is 9.59 Å². The number of alkyl halides is 3. The summed E-state index contributed by atoms with van der Waals surface area (Å²) in [4.78, 5) is 30.8. The zero-order valence-electron chi connectivity index (χ0n) is 14.3. The molecule has 148 valence electrons. The van der Waals surface area contributed by atoms with Gasteiger partial charge in [-0.25, -0.2) is 14.4 Å².